The topological polar surface area (TPSA) is 75.7 Å². The Kier molecular flexibility index (Phi) is 12.5. The number of allylic oxidation sites excluding steroid dienone is 1. The number of nitrogens with one attached hydrogen (secondary N) is 1. The number of hydrogen-bond donors (Lipinski definition) is 1. The highest BCUT2D eigenvalue weighted by atomic mass is 32.2. The molecule has 2 aromatic rings. The molecule has 0 saturated heterocycles. The minimum atomic E-state index is -4.01. The summed E-state index contributed by atoms with van der Waals surface area (Å²) < 4.78 is 33.2. The van der Waals surface area contributed by atoms with Crippen LogP contribution in [0.25, 0.3) is 5.57 Å². The van der Waals surface area contributed by atoms with Crippen molar-refractivity contribution in [2.75, 3.05) is 18.6 Å². The molecule has 0 radical (unpaired) electrons. The molecule has 6 nitrogen and oxygen atoms in total. The van der Waals surface area contributed by atoms with E-state index in [-0.39, 0.29) is 0 Å². The number of methoxy groups -OCH3 is 1. The van der Waals surface area contributed by atoms with Crippen molar-refractivity contribution in [2.45, 2.75) is 78.6 Å². The lowest BCUT2D eigenvalue weighted by Crippen LogP contribution is -2.43. The van der Waals surface area contributed by atoms with Gasteiger partial charge in [0, 0.05) is 12.2 Å². The second-order valence-corrected chi connectivity index (χ2v) is 10.7. The fourth-order valence-corrected chi connectivity index (χ4v) is 5.05. The van der Waals surface area contributed by atoms with E-state index in [0.29, 0.717) is 29.1 Å². The number of nitrogens with zero attached hydrogens (tertiary/aromatic N) is 1. The molecule has 0 aromatic heterocycles. The van der Waals surface area contributed by atoms with Gasteiger partial charge in [0.15, 0.2) is 0 Å². The number of ether oxygens (including phenoxy) is 1. The Balaban J connectivity index is 2.09. The van der Waals surface area contributed by atoms with Gasteiger partial charge in [-0.2, -0.15) is 0 Å². The van der Waals surface area contributed by atoms with E-state index in [2.05, 4.69) is 18.6 Å². The minimum Gasteiger partial charge on any atom is -0.497 e. The first kappa shape index (κ1) is 29.4. The number of carbonyl (C=O) groups excluding carboxylic acids is 1. The lowest BCUT2D eigenvalue weighted by Gasteiger charge is -2.23. The molecule has 0 saturated carbocycles. The summed E-state index contributed by atoms with van der Waals surface area (Å²) in [7, 11) is -2.45. The molecule has 198 valence electrons. The van der Waals surface area contributed by atoms with Crippen LogP contribution in [0.1, 0.15) is 83.3 Å². The molecule has 0 aliphatic carbocycles. The van der Waals surface area contributed by atoms with Crippen molar-refractivity contribution in [3.05, 3.63) is 65.1 Å². The van der Waals surface area contributed by atoms with Gasteiger partial charge in [-0.15, -0.1) is 0 Å². The molecular formula is C29H42N2O4S. The highest BCUT2D eigenvalue weighted by Crippen LogP contribution is 2.21. The lowest BCUT2D eigenvalue weighted by atomic mass is 10.1. The SMILES string of the molecule is CCCCCCCCCCN(C(=O)NS(=O)(=O)/C=C(\C)c1cccc(OC)c1)c1ccc(CC)cc1. The van der Waals surface area contributed by atoms with Gasteiger partial charge >= 0.3 is 6.03 Å². The van der Waals surface area contributed by atoms with Crippen LogP contribution in [0.3, 0.4) is 0 Å². The molecule has 2 rings (SSSR count). The van der Waals surface area contributed by atoms with Gasteiger partial charge in [0.1, 0.15) is 5.75 Å². The number of urea groups is 1. The Morgan fingerprint density at radius 1 is 0.944 bits per heavy atom. The standard InChI is InChI=1S/C29H42N2O4S/c1-5-7-8-9-10-11-12-13-21-31(27-19-17-25(6-2)18-20-27)29(32)30-36(33,34)23-24(3)26-15-14-16-28(22-26)35-4/h14-20,22-23H,5-13,21H2,1-4H3,(H,30,32)/b24-23+. The summed E-state index contributed by atoms with van der Waals surface area (Å²) in [5, 5.41) is 1.09. The number of sulfonamides is 1. The van der Waals surface area contributed by atoms with Crippen molar-refractivity contribution >= 4 is 27.3 Å². The molecule has 0 heterocycles. The van der Waals surface area contributed by atoms with E-state index >= 15 is 0 Å². The van der Waals surface area contributed by atoms with Crippen molar-refractivity contribution in [3.8, 4) is 5.75 Å². The van der Waals surface area contributed by atoms with Gasteiger partial charge in [0.05, 0.1) is 12.5 Å². The van der Waals surface area contributed by atoms with Crippen molar-refractivity contribution in [2.24, 2.45) is 0 Å². The van der Waals surface area contributed by atoms with Crippen LogP contribution in [0, 0.1) is 0 Å². The highest BCUT2D eigenvalue weighted by Gasteiger charge is 2.21. The van der Waals surface area contributed by atoms with Gasteiger partial charge in [0.2, 0.25) is 0 Å². The second-order valence-electron chi connectivity index (χ2n) is 9.13. The number of hydrogen-bond acceptors (Lipinski definition) is 4. The molecule has 0 unspecified atom stereocenters. The van der Waals surface area contributed by atoms with Gasteiger partial charge in [-0.25, -0.2) is 17.9 Å². The van der Waals surface area contributed by atoms with Crippen LogP contribution in [0.4, 0.5) is 10.5 Å². The summed E-state index contributed by atoms with van der Waals surface area (Å²) >= 11 is 0. The molecule has 0 fully saturated rings. The Hall–Kier alpha value is -2.80. The zero-order valence-electron chi connectivity index (χ0n) is 22.3. The van der Waals surface area contributed by atoms with Crippen LogP contribution in [-0.2, 0) is 16.4 Å². The molecule has 1 N–H and O–H groups in total. The number of carbonyl (C=O) groups is 1. The Morgan fingerprint density at radius 2 is 1.58 bits per heavy atom. The highest BCUT2D eigenvalue weighted by molar-refractivity contribution is 7.93. The number of unbranched alkanes of at least 4 members (excludes halogenated alkanes) is 7. The number of aryl methyl sites for hydroxylation is 1. The normalized spacial score (nSPS) is 11.8. The number of anilines is 1. The number of benzene rings is 2. The zero-order valence-corrected chi connectivity index (χ0v) is 23.1. The molecule has 2 aromatic carbocycles. The first-order valence-electron chi connectivity index (χ1n) is 13.1. The van der Waals surface area contributed by atoms with E-state index < -0.39 is 16.1 Å². The van der Waals surface area contributed by atoms with Crippen LogP contribution in [-0.4, -0.2) is 28.1 Å². The fourth-order valence-electron chi connectivity index (χ4n) is 4.04. The van der Waals surface area contributed by atoms with Crippen LogP contribution in [0.2, 0.25) is 0 Å². The lowest BCUT2D eigenvalue weighted by molar-refractivity contribution is 0.251. The number of amides is 2. The van der Waals surface area contributed by atoms with Gasteiger partial charge in [-0.05, 0) is 60.7 Å². The summed E-state index contributed by atoms with van der Waals surface area (Å²) in [6, 6.07) is 14.2. The van der Waals surface area contributed by atoms with E-state index in [1.54, 1.807) is 38.3 Å². The van der Waals surface area contributed by atoms with Gasteiger partial charge < -0.3 is 4.74 Å². The monoisotopic (exact) mass is 514 g/mol. The molecule has 36 heavy (non-hydrogen) atoms. The second kappa shape index (κ2) is 15.3. The van der Waals surface area contributed by atoms with Crippen molar-refractivity contribution < 1.29 is 17.9 Å². The summed E-state index contributed by atoms with van der Waals surface area (Å²) in [6.07, 6.45) is 10.1. The fraction of sp³-hybridized carbons (Fsp3) is 0.483. The quantitative estimate of drug-likeness (QED) is 0.253. The van der Waals surface area contributed by atoms with E-state index in [9.17, 15) is 13.2 Å². The molecule has 0 bridgehead atoms. The third-order valence-electron chi connectivity index (χ3n) is 6.22. The Bertz CT molecular complexity index is 1080. The summed E-state index contributed by atoms with van der Waals surface area (Å²) in [4.78, 5) is 14.7. The van der Waals surface area contributed by atoms with E-state index in [4.69, 9.17) is 4.74 Å². The minimum absolute atomic E-state index is 0.459. The number of rotatable bonds is 15. The maximum atomic E-state index is 13.2. The molecule has 0 aliphatic rings. The van der Waals surface area contributed by atoms with Crippen LogP contribution in [0.15, 0.2) is 53.9 Å². The summed E-state index contributed by atoms with van der Waals surface area (Å²) in [5.41, 5.74) is 3.07. The summed E-state index contributed by atoms with van der Waals surface area (Å²) in [6.45, 7) is 6.44. The van der Waals surface area contributed by atoms with Crippen molar-refractivity contribution in [3.63, 3.8) is 0 Å². The maximum absolute atomic E-state index is 13.2. The van der Waals surface area contributed by atoms with Crippen molar-refractivity contribution in [1.29, 1.82) is 0 Å². The predicted octanol–water partition coefficient (Wildman–Crippen LogP) is 7.31. The van der Waals surface area contributed by atoms with Crippen molar-refractivity contribution in [1.82, 2.24) is 4.72 Å². The van der Waals surface area contributed by atoms with Crippen LogP contribution >= 0.6 is 0 Å². The first-order chi connectivity index (χ1) is 17.3. The molecular weight excluding hydrogens is 472 g/mol. The Morgan fingerprint density at radius 3 is 2.19 bits per heavy atom. The first-order valence-corrected chi connectivity index (χ1v) is 14.6. The summed E-state index contributed by atoms with van der Waals surface area (Å²) in [5.74, 6) is 0.633. The largest absolute Gasteiger partial charge is 0.497 e. The maximum Gasteiger partial charge on any atom is 0.335 e. The van der Waals surface area contributed by atoms with E-state index in [0.717, 1.165) is 36.7 Å². The van der Waals surface area contributed by atoms with E-state index in [1.165, 1.54) is 37.0 Å². The predicted molar refractivity (Wildman–Crippen MR) is 150 cm³/mol. The molecule has 7 heteroatoms. The Labute approximate surface area is 217 Å². The van der Waals surface area contributed by atoms with Gasteiger partial charge in [0.25, 0.3) is 10.0 Å². The third kappa shape index (κ3) is 10.1. The average Bonchev–Trinajstić information content (AvgIpc) is 2.87. The van der Waals surface area contributed by atoms with Crippen LogP contribution in [0.5, 0.6) is 5.75 Å². The molecule has 0 atom stereocenters. The van der Waals surface area contributed by atoms with Gasteiger partial charge in [-0.1, -0.05) is 83.1 Å². The molecule has 0 spiro atoms. The van der Waals surface area contributed by atoms with Gasteiger partial charge in [-0.3, -0.25) is 4.90 Å². The van der Waals surface area contributed by atoms with E-state index in [1.807, 2.05) is 24.3 Å². The smallest absolute Gasteiger partial charge is 0.335 e. The third-order valence-corrected chi connectivity index (χ3v) is 7.35. The average molecular weight is 515 g/mol. The van der Waals surface area contributed by atoms with Crippen LogP contribution < -0.4 is 14.4 Å². The molecule has 0 aliphatic heterocycles. The molecule has 2 amide bonds. The zero-order chi connectivity index (χ0) is 26.4.